The summed E-state index contributed by atoms with van der Waals surface area (Å²) in [4.78, 5) is 2.56. The standard InChI is InChI=1S/C13H26N2O/c1-3-11-7-15(6-5-14)8-12(4-2)13(11)9-16-10-13/h11-12H,3-10,14H2,1-2H3. The van der Waals surface area contributed by atoms with Crippen LogP contribution in [0.15, 0.2) is 0 Å². The Morgan fingerprint density at radius 2 is 1.75 bits per heavy atom. The summed E-state index contributed by atoms with van der Waals surface area (Å²) in [6.07, 6.45) is 2.56. The van der Waals surface area contributed by atoms with Gasteiger partial charge in [0.2, 0.25) is 0 Å². The van der Waals surface area contributed by atoms with Crippen molar-refractivity contribution in [3.63, 3.8) is 0 Å². The number of likely N-dealkylation sites (tertiary alicyclic amines) is 1. The van der Waals surface area contributed by atoms with Crippen LogP contribution in [0.5, 0.6) is 0 Å². The predicted octanol–water partition coefficient (Wildman–Crippen LogP) is 1.33. The van der Waals surface area contributed by atoms with E-state index >= 15 is 0 Å². The molecule has 2 aliphatic heterocycles. The highest BCUT2D eigenvalue weighted by Gasteiger charge is 2.52. The molecule has 0 amide bonds. The van der Waals surface area contributed by atoms with Crippen LogP contribution in [0.1, 0.15) is 26.7 Å². The van der Waals surface area contributed by atoms with E-state index in [2.05, 4.69) is 18.7 Å². The summed E-state index contributed by atoms with van der Waals surface area (Å²) in [6, 6.07) is 0. The molecule has 0 radical (unpaired) electrons. The summed E-state index contributed by atoms with van der Waals surface area (Å²) in [7, 11) is 0. The van der Waals surface area contributed by atoms with E-state index in [1.54, 1.807) is 0 Å². The lowest BCUT2D eigenvalue weighted by Gasteiger charge is -2.57. The summed E-state index contributed by atoms with van der Waals surface area (Å²) in [6.45, 7) is 11.0. The molecule has 3 heteroatoms. The van der Waals surface area contributed by atoms with Gasteiger partial charge in [0.15, 0.2) is 0 Å². The Morgan fingerprint density at radius 3 is 2.06 bits per heavy atom. The Balaban J connectivity index is 2.08. The van der Waals surface area contributed by atoms with Crippen molar-refractivity contribution in [2.45, 2.75) is 26.7 Å². The van der Waals surface area contributed by atoms with Gasteiger partial charge in [-0.05, 0) is 11.8 Å². The van der Waals surface area contributed by atoms with E-state index in [9.17, 15) is 0 Å². The summed E-state index contributed by atoms with van der Waals surface area (Å²) in [5, 5.41) is 0. The van der Waals surface area contributed by atoms with E-state index in [1.165, 1.54) is 25.9 Å². The maximum Gasteiger partial charge on any atom is 0.0551 e. The van der Waals surface area contributed by atoms with Crippen LogP contribution in [-0.4, -0.2) is 44.3 Å². The zero-order valence-electron chi connectivity index (χ0n) is 10.7. The van der Waals surface area contributed by atoms with E-state index in [4.69, 9.17) is 10.5 Å². The van der Waals surface area contributed by atoms with Crippen molar-refractivity contribution in [3.05, 3.63) is 0 Å². The molecule has 94 valence electrons. The van der Waals surface area contributed by atoms with Crippen molar-refractivity contribution in [3.8, 4) is 0 Å². The Morgan fingerprint density at radius 1 is 1.19 bits per heavy atom. The lowest BCUT2D eigenvalue weighted by Crippen LogP contribution is -2.62. The second kappa shape index (κ2) is 5.03. The lowest BCUT2D eigenvalue weighted by molar-refractivity contribution is -0.204. The Labute approximate surface area is 99.3 Å². The van der Waals surface area contributed by atoms with E-state index in [0.717, 1.165) is 38.1 Å². The summed E-state index contributed by atoms with van der Waals surface area (Å²) < 4.78 is 5.53. The number of nitrogens with two attached hydrogens (primary N) is 1. The van der Waals surface area contributed by atoms with Gasteiger partial charge in [0, 0.05) is 31.6 Å². The van der Waals surface area contributed by atoms with Gasteiger partial charge >= 0.3 is 0 Å². The van der Waals surface area contributed by atoms with E-state index in [1.807, 2.05) is 0 Å². The molecule has 16 heavy (non-hydrogen) atoms. The summed E-state index contributed by atoms with van der Waals surface area (Å²) >= 11 is 0. The van der Waals surface area contributed by atoms with Gasteiger partial charge in [-0.25, -0.2) is 0 Å². The monoisotopic (exact) mass is 226 g/mol. The summed E-state index contributed by atoms with van der Waals surface area (Å²) in [5.41, 5.74) is 6.19. The molecule has 2 fully saturated rings. The quantitative estimate of drug-likeness (QED) is 0.786. The SMILES string of the molecule is CCC1CN(CCN)CC(CC)C12COC2. The van der Waals surface area contributed by atoms with E-state index in [0.29, 0.717) is 5.41 Å². The fourth-order valence-corrected chi connectivity index (χ4v) is 3.64. The third-order valence-corrected chi connectivity index (χ3v) is 4.76. The minimum atomic E-state index is 0.509. The minimum Gasteiger partial charge on any atom is -0.380 e. The van der Waals surface area contributed by atoms with Crippen molar-refractivity contribution in [2.75, 3.05) is 39.4 Å². The van der Waals surface area contributed by atoms with Crippen LogP contribution in [0.3, 0.4) is 0 Å². The van der Waals surface area contributed by atoms with Crippen molar-refractivity contribution >= 4 is 0 Å². The van der Waals surface area contributed by atoms with Crippen molar-refractivity contribution in [2.24, 2.45) is 23.0 Å². The molecule has 0 aromatic rings. The average molecular weight is 226 g/mol. The van der Waals surface area contributed by atoms with Gasteiger partial charge in [0.1, 0.15) is 0 Å². The third-order valence-electron chi connectivity index (χ3n) is 4.76. The highest BCUT2D eigenvalue weighted by Crippen LogP contribution is 2.49. The van der Waals surface area contributed by atoms with Crippen LogP contribution >= 0.6 is 0 Å². The van der Waals surface area contributed by atoms with Crippen molar-refractivity contribution in [1.82, 2.24) is 4.90 Å². The molecule has 2 atom stereocenters. The fourth-order valence-electron chi connectivity index (χ4n) is 3.64. The van der Waals surface area contributed by atoms with E-state index < -0.39 is 0 Å². The number of rotatable bonds is 4. The number of nitrogens with zero attached hydrogens (tertiary/aromatic N) is 1. The lowest BCUT2D eigenvalue weighted by atomic mass is 9.61. The molecular weight excluding hydrogens is 200 g/mol. The molecular formula is C13H26N2O. The van der Waals surface area contributed by atoms with Gasteiger partial charge < -0.3 is 15.4 Å². The van der Waals surface area contributed by atoms with Crippen LogP contribution < -0.4 is 5.73 Å². The van der Waals surface area contributed by atoms with Gasteiger partial charge in [0.25, 0.3) is 0 Å². The predicted molar refractivity (Wildman–Crippen MR) is 66.3 cm³/mol. The molecule has 2 unspecified atom stereocenters. The zero-order chi connectivity index (χ0) is 11.6. The van der Waals surface area contributed by atoms with Crippen LogP contribution in [0.25, 0.3) is 0 Å². The first-order valence-corrected chi connectivity index (χ1v) is 6.77. The van der Waals surface area contributed by atoms with E-state index in [-0.39, 0.29) is 0 Å². The molecule has 0 aromatic carbocycles. The Hall–Kier alpha value is -0.120. The molecule has 0 aliphatic carbocycles. The topological polar surface area (TPSA) is 38.5 Å². The third kappa shape index (κ3) is 1.89. The largest absolute Gasteiger partial charge is 0.380 e. The minimum absolute atomic E-state index is 0.509. The number of hydrogen-bond acceptors (Lipinski definition) is 3. The molecule has 2 N–H and O–H groups in total. The second-order valence-electron chi connectivity index (χ2n) is 5.48. The van der Waals surface area contributed by atoms with Crippen LogP contribution in [0.4, 0.5) is 0 Å². The molecule has 2 saturated heterocycles. The average Bonchev–Trinajstić information content (AvgIpc) is 2.25. The van der Waals surface area contributed by atoms with Gasteiger partial charge in [-0.3, -0.25) is 0 Å². The first kappa shape index (κ1) is 12.3. The molecule has 3 nitrogen and oxygen atoms in total. The maximum atomic E-state index is 5.68. The normalized spacial score (nSPS) is 33.9. The Kier molecular flexibility index (Phi) is 3.88. The highest BCUT2D eigenvalue weighted by atomic mass is 16.5. The van der Waals surface area contributed by atoms with Gasteiger partial charge in [0.05, 0.1) is 13.2 Å². The van der Waals surface area contributed by atoms with Crippen molar-refractivity contribution < 1.29 is 4.74 Å². The van der Waals surface area contributed by atoms with Crippen LogP contribution in [0, 0.1) is 17.3 Å². The summed E-state index contributed by atoms with van der Waals surface area (Å²) in [5.74, 6) is 1.62. The van der Waals surface area contributed by atoms with Gasteiger partial charge in [-0.1, -0.05) is 26.7 Å². The van der Waals surface area contributed by atoms with Gasteiger partial charge in [-0.2, -0.15) is 0 Å². The molecule has 0 saturated carbocycles. The van der Waals surface area contributed by atoms with Crippen LogP contribution in [-0.2, 0) is 4.74 Å². The smallest absolute Gasteiger partial charge is 0.0551 e. The highest BCUT2D eigenvalue weighted by molar-refractivity contribution is 5.01. The van der Waals surface area contributed by atoms with Crippen LogP contribution in [0.2, 0.25) is 0 Å². The fraction of sp³-hybridized carbons (Fsp3) is 1.00. The number of hydrogen-bond donors (Lipinski definition) is 1. The molecule has 1 spiro atoms. The second-order valence-corrected chi connectivity index (χ2v) is 5.48. The molecule has 2 heterocycles. The first-order valence-electron chi connectivity index (χ1n) is 6.77. The number of ether oxygens (including phenoxy) is 1. The molecule has 2 aliphatic rings. The first-order chi connectivity index (χ1) is 7.76. The maximum absolute atomic E-state index is 5.68. The van der Waals surface area contributed by atoms with Crippen molar-refractivity contribution in [1.29, 1.82) is 0 Å². The molecule has 2 rings (SSSR count). The molecule has 0 bridgehead atoms. The Bertz CT molecular complexity index is 212. The zero-order valence-corrected chi connectivity index (χ0v) is 10.7. The number of piperidine rings is 1. The van der Waals surface area contributed by atoms with Gasteiger partial charge in [-0.15, -0.1) is 0 Å². The molecule has 0 aromatic heterocycles.